The van der Waals surface area contributed by atoms with Gasteiger partial charge in [0.25, 0.3) is 0 Å². The number of rotatable bonds is 2. The van der Waals surface area contributed by atoms with E-state index in [1.54, 1.807) is 6.07 Å². The maximum absolute atomic E-state index is 5.88. The topological polar surface area (TPSA) is 37.8 Å². The zero-order chi connectivity index (χ0) is 12.4. The van der Waals surface area contributed by atoms with Gasteiger partial charge in [0.15, 0.2) is 0 Å². The molecule has 0 aliphatic heterocycles. The van der Waals surface area contributed by atoms with Gasteiger partial charge in [-0.3, -0.25) is 0 Å². The molecule has 5 heteroatoms. The van der Waals surface area contributed by atoms with E-state index >= 15 is 0 Å². The lowest BCUT2D eigenvalue weighted by molar-refractivity contribution is 1.06. The third-order valence-electron chi connectivity index (χ3n) is 2.26. The fourth-order valence-electron chi connectivity index (χ4n) is 1.48. The number of halogens is 2. The summed E-state index contributed by atoms with van der Waals surface area (Å²) in [6.45, 7) is 3.84. The minimum atomic E-state index is 0.434. The molecule has 0 atom stereocenters. The van der Waals surface area contributed by atoms with Gasteiger partial charge in [-0.05, 0) is 41.4 Å². The first-order valence-electron chi connectivity index (χ1n) is 5.09. The number of hydrogen-bond acceptors (Lipinski definition) is 3. The number of hydrogen-bond donors (Lipinski definition) is 1. The van der Waals surface area contributed by atoms with Crippen LogP contribution < -0.4 is 5.32 Å². The molecule has 0 aliphatic rings. The first kappa shape index (κ1) is 12.3. The predicted molar refractivity (Wildman–Crippen MR) is 73.9 cm³/mol. The van der Waals surface area contributed by atoms with Crippen molar-refractivity contribution in [1.29, 1.82) is 0 Å². The zero-order valence-electron chi connectivity index (χ0n) is 9.46. The lowest BCUT2D eigenvalue weighted by Gasteiger charge is -2.10. The summed E-state index contributed by atoms with van der Waals surface area (Å²) < 4.78 is 1.02. The van der Waals surface area contributed by atoms with Crippen molar-refractivity contribution in [1.82, 2.24) is 9.97 Å². The molecular weight excluding hydrogens is 302 g/mol. The van der Waals surface area contributed by atoms with E-state index in [4.69, 9.17) is 11.6 Å². The summed E-state index contributed by atoms with van der Waals surface area (Å²) in [6, 6.07) is 7.69. The Morgan fingerprint density at radius 3 is 2.71 bits per heavy atom. The van der Waals surface area contributed by atoms with Gasteiger partial charge in [0.05, 0.1) is 5.69 Å². The number of benzene rings is 1. The van der Waals surface area contributed by atoms with E-state index in [2.05, 4.69) is 31.2 Å². The highest BCUT2D eigenvalue weighted by atomic mass is 79.9. The molecule has 0 aliphatic carbocycles. The van der Waals surface area contributed by atoms with Gasteiger partial charge in [0, 0.05) is 10.5 Å². The summed E-state index contributed by atoms with van der Waals surface area (Å²) in [5.74, 6) is 1.33. The Labute approximate surface area is 113 Å². The van der Waals surface area contributed by atoms with Gasteiger partial charge in [-0.25, -0.2) is 9.97 Å². The molecule has 1 heterocycles. The van der Waals surface area contributed by atoms with Crippen molar-refractivity contribution < 1.29 is 0 Å². The van der Waals surface area contributed by atoms with Crippen LogP contribution in [0.15, 0.2) is 28.7 Å². The number of aryl methyl sites for hydroxylation is 2. The number of aromatic nitrogens is 2. The Kier molecular flexibility index (Phi) is 3.64. The zero-order valence-corrected chi connectivity index (χ0v) is 11.8. The molecular formula is C12H11BrClN3. The SMILES string of the molecule is Cc1nc(Cl)cc(Nc2cccc(C)c2Br)n1. The smallest absolute Gasteiger partial charge is 0.135 e. The van der Waals surface area contributed by atoms with E-state index in [0.717, 1.165) is 15.7 Å². The van der Waals surface area contributed by atoms with Crippen LogP contribution in [0.2, 0.25) is 5.15 Å². The van der Waals surface area contributed by atoms with Crippen molar-refractivity contribution >= 4 is 39.0 Å². The van der Waals surface area contributed by atoms with Gasteiger partial charge in [0.1, 0.15) is 16.8 Å². The molecule has 1 aromatic carbocycles. The van der Waals surface area contributed by atoms with Crippen LogP contribution in [0.25, 0.3) is 0 Å². The summed E-state index contributed by atoms with van der Waals surface area (Å²) in [5.41, 5.74) is 2.12. The van der Waals surface area contributed by atoms with E-state index in [1.165, 1.54) is 0 Å². The van der Waals surface area contributed by atoms with Crippen LogP contribution in [0.5, 0.6) is 0 Å². The molecule has 1 N–H and O–H groups in total. The van der Waals surface area contributed by atoms with Gasteiger partial charge < -0.3 is 5.32 Å². The third-order valence-corrected chi connectivity index (χ3v) is 3.51. The van der Waals surface area contributed by atoms with Crippen molar-refractivity contribution in [3.8, 4) is 0 Å². The Hall–Kier alpha value is -1.13. The monoisotopic (exact) mass is 311 g/mol. The van der Waals surface area contributed by atoms with Gasteiger partial charge >= 0.3 is 0 Å². The molecule has 0 fully saturated rings. The molecule has 2 rings (SSSR count). The molecule has 17 heavy (non-hydrogen) atoms. The van der Waals surface area contributed by atoms with E-state index in [-0.39, 0.29) is 0 Å². The second-order valence-corrected chi connectivity index (χ2v) is 4.86. The normalized spacial score (nSPS) is 10.4. The van der Waals surface area contributed by atoms with E-state index in [1.807, 2.05) is 32.0 Å². The number of nitrogens with zero attached hydrogens (tertiary/aromatic N) is 2. The summed E-state index contributed by atoms with van der Waals surface area (Å²) in [4.78, 5) is 8.29. The summed E-state index contributed by atoms with van der Waals surface area (Å²) in [7, 11) is 0. The van der Waals surface area contributed by atoms with Crippen LogP contribution in [0.4, 0.5) is 11.5 Å². The van der Waals surface area contributed by atoms with Crippen LogP contribution in [-0.2, 0) is 0 Å². The highest BCUT2D eigenvalue weighted by molar-refractivity contribution is 9.10. The van der Waals surface area contributed by atoms with Crippen LogP contribution in [0.3, 0.4) is 0 Å². The number of anilines is 2. The van der Waals surface area contributed by atoms with Crippen LogP contribution in [-0.4, -0.2) is 9.97 Å². The van der Waals surface area contributed by atoms with Crippen LogP contribution in [0, 0.1) is 13.8 Å². The molecule has 0 saturated carbocycles. The number of nitrogens with one attached hydrogen (secondary N) is 1. The first-order chi connectivity index (χ1) is 8.06. The van der Waals surface area contributed by atoms with E-state index in [9.17, 15) is 0 Å². The van der Waals surface area contributed by atoms with Crippen molar-refractivity contribution in [2.24, 2.45) is 0 Å². The predicted octanol–water partition coefficient (Wildman–Crippen LogP) is 4.25. The quantitative estimate of drug-likeness (QED) is 0.842. The van der Waals surface area contributed by atoms with Crippen LogP contribution in [0.1, 0.15) is 11.4 Å². The molecule has 2 aromatic rings. The lowest BCUT2D eigenvalue weighted by Crippen LogP contribution is -1.98. The first-order valence-corrected chi connectivity index (χ1v) is 6.26. The summed E-state index contributed by atoms with van der Waals surface area (Å²) >= 11 is 9.42. The van der Waals surface area contributed by atoms with Crippen molar-refractivity contribution in [3.05, 3.63) is 45.3 Å². The van der Waals surface area contributed by atoms with Crippen molar-refractivity contribution in [2.75, 3.05) is 5.32 Å². The third kappa shape index (κ3) is 2.96. The summed E-state index contributed by atoms with van der Waals surface area (Å²) in [6.07, 6.45) is 0. The molecule has 0 amide bonds. The highest BCUT2D eigenvalue weighted by Crippen LogP contribution is 2.28. The maximum Gasteiger partial charge on any atom is 0.135 e. The highest BCUT2D eigenvalue weighted by Gasteiger charge is 2.05. The van der Waals surface area contributed by atoms with Gasteiger partial charge in [0.2, 0.25) is 0 Å². The fourth-order valence-corrected chi connectivity index (χ4v) is 2.07. The molecule has 0 spiro atoms. The van der Waals surface area contributed by atoms with Crippen molar-refractivity contribution in [2.45, 2.75) is 13.8 Å². The molecule has 3 nitrogen and oxygen atoms in total. The minimum absolute atomic E-state index is 0.434. The van der Waals surface area contributed by atoms with Gasteiger partial charge in [-0.15, -0.1) is 0 Å². The molecule has 88 valence electrons. The average molecular weight is 313 g/mol. The summed E-state index contributed by atoms with van der Waals surface area (Å²) in [5, 5.41) is 3.65. The fraction of sp³-hybridized carbons (Fsp3) is 0.167. The Morgan fingerprint density at radius 1 is 1.24 bits per heavy atom. The molecule has 0 radical (unpaired) electrons. The second kappa shape index (κ2) is 5.02. The van der Waals surface area contributed by atoms with Crippen LogP contribution >= 0.6 is 27.5 Å². The second-order valence-electron chi connectivity index (χ2n) is 3.68. The Bertz CT molecular complexity index is 537. The Balaban J connectivity index is 2.34. The average Bonchev–Trinajstić information content (AvgIpc) is 2.23. The Morgan fingerprint density at radius 2 is 2.00 bits per heavy atom. The molecule has 0 unspecified atom stereocenters. The minimum Gasteiger partial charge on any atom is -0.339 e. The van der Waals surface area contributed by atoms with Gasteiger partial charge in [-0.1, -0.05) is 23.7 Å². The molecule has 1 aromatic heterocycles. The largest absolute Gasteiger partial charge is 0.339 e. The molecule has 0 saturated heterocycles. The van der Waals surface area contributed by atoms with Gasteiger partial charge in [-0.2, -0.15) is 0 Å². The van der Waals surface area contributed by atoms with Crippen molar-refractivity contribution in [3.63, 3.8) is 0 Å². The maximum atomic E-state index is 5.88. The van der Waals surface area contributed by atoms with E-state index < -0.39 is 0 Å². The lowest BCUT2D eigenvalue weighted by atomic mass is 10.2. The van der Waals surface area contributed by atoms with E-state index in [0.29, 0.717) is 16.8 Å². The standard InChI is InChI=1S/C12H11BrClN3/c1-7-4-3-5-9(12(7)13)17-11-6-10(14)15-8(2)16-11/h3-6H,1-2H3,(H,15,16,17). The molecule has 0 bridgehead atoms.